The molecule has 1 saturated heterocycles. The monoisotopic (exact) mass is 269 g/mol. The third-order valence-corrected chi connectivity index (χ3v) is 2.89. The van der Waals surface area contributed by atoms with E-state index >= 15 is 0 Å². The predicted molar refractivity (Wildman–Crippen MR) is 64.7 cm³/mol. The molecule has 1 unspecified atom stereocenters. The van der Waals surface area contributed by atoms with Crippen LogP contribution < -0.4 is 16.4 Å². The average Bonchev–Trinajstić information content (AvgIpc) is 2.79. The van der Waals surface area contributed by atoms with Gasteiger partial charge in [0.2, 0.25) is 5.91 Å². The SMILES string of the molecule is O=C(Cn1[nH]c(=O)ccc1=O)NCC1(O)CCOC1. The predicted octanol–water partition coefficient (Wildman–Crippen LogP) is -2.20. The Labute approximate surface area is 108 Å². The van der Waals surface area contributed by atoms with Gasteiger partial charge >= 0.3 is 0 Å². The van der Waals surface area contributed by atoms with E-state index in [1.807, 2.05) is 0 Å². The molecule has 1 aliphatic rings. The summed E-state index contributed by atoms with van der Waals surface area (Å²) < 4.78 is 5.95. The van der Waals surface area contributed by atoms with Gasteiger partial charge in [-0.25, -0.2) is 4.68 Å². The van der Waals surface area contributed by atoms with E-state index in [9.17, 15) is 19.5 Å². The van der Waals surface area contributed by atoms with Crippen LogP contribution in [-0.2, 0) is 16.1 Å². The zero-order valence-corrected chi connectivity index (χ0v) is 10.2. The highest BCUT2D eigenvalue weighted by Gasteiger charge is 2.32. The number of H-pyrrole nitrogens is 1. The minimum atomic E-state index is -1.05. The maximum Gasteiger partial charge on any atom is 0.265 e. The van der Waals surface area contributed by atoms with Crippen LogP contribution in [0.25, 0.3) is 0 Å². The molecule has 0 aromatic carbocycles. The largest absolute Gasteiger partial charge is 0.386 e. The molecular weight excluding hydrogens is 254 g/mol. The van der Waals surface area contributed by atoms with E-state index in [1.165, 1.54) is 0 Å². The van der Waals surface area contributed by atoms with Crippen LogP contribution >= 0.6 is 0 Å². The minimum absolute atomic E-state index is 0.0532. The molecule has 1 fully saturated rings. The fourth-order valence-electron chi connectivity index (χ4n) is 1.78. The van der Waals surface area contributed by atoms with Crippen molar-refractivity contribution >= 4 is 5.91 Å². The Morgan fingerprint density at radius 2 is 2.32 bits per heavy atom. The summed E-state index contributed by atoms with van der Waals surface area (Å²) in [6, 6.07) is 2.18. The van der Waals surface area contributed by atoms with Gasteiger partial charge in [0.25, 0.3) is 11.1 Å². The lowest BCUT2D eigenvalue weighted by atomic mass is 10.0. The summed E-state index contributed by atoms with van der Waals surface area (Å²) in [6.07, 6.45) is 0.454. The molecule has 1 aromatic rings. The van der Waals surface area contributed by atoms with Crippen molar-refractivity contribution in [3.63, 3.8) is 0 Å². The number of aromatic nitrogens is 2. The third-order valence-electron chi connectivity index (χ3n) is 2.89. The number of ether oxygens (including phenoxy) is 1. The lowest BCUT2D eigenvalue weighted by Gasteiger charge is -2.20. The summed E-state index contributed by atoms with van der Waals surface area (Å²) in [6.45, 7) is 0.386. The summed E-state index contributed by atoms with van der Waals surface area (Å²) in [5, 5.41) is 14.7. The molecule has 0 bridgehead atoms. The molecule has 0 saturated carbocycles. The second-order valence-corrected chi connectivity index (χ2v) is 4.54. The van der Waals surface area contributed by atoms with Gasteiger partial charge in [0.05, 0.1) is 6.61 Å². The topological polar surface area (TPSA) is 113 Å². The van der Waals surface area contributed by atoms with Gasteiger partial charge in [-0.05, 0) is 0 Å². The van der Waals surface area contributed by atoms with Crippen molar-refractivity contribution < 1.29 is 14.6 Å². The van der Waals surface area contributed by atoms with Gasteiger partial charge in [-0.2, -0.15) is 0 Å². The number of carbonyl (C=O) groups is 1. The van der Waals surface area contributed by atoms with Crippen molar-refractivity contribution in [3.8, 4) is 0 Å². The summed E-state index contributed by atoms with van der Waals surface area (Å²) in [5.41, 5.74) is -1.99. The number of nitrogens with zero attached hydrogens (tertiary/aromatic N) is 1. The molecule has 8 nitrogen and oxygen atoms in total. The average molecular weight is 269 g/mol. The third kappa shape index (κ3) is 3.52. The Balaban J connectivity index is 1.92. The first-order valence-electron chi connectivity index (χ1n) is 5.86. The molecule has 104 valence electrons. The molecule has 0 spiro atoms. The first-order valence-corrected chi connectivity index (χ1v) is 5.86. The maximum absolute atomic E-state index is 11.6. The molecular formula is C11H15N3O5. The van der Waals surface area contributed by atoms with Crippen LogP contribution in [-0.4, -0.2) is 46.2 Å². The second-order valence-electron chi connectivity index (χ2n) is 4.54. The Kier molecular flexibility index (Phi) is 3.82. The van der Waals surface area contributed by atoms with E-state index in [1.54, 1.807) is 0 Å². The van der Waals surface area contributed by atoms with Crippen molar-refractivity contribution in [2.75, 3.05) is 19.8 Å². The van der Waals surface area contributed by atoms with Crippen LogP contribution in [0.3, 0.4) is 0 Å². The van der Waals surface area contributed by atoms with Crippen LogP contribution in [0.4, 0.5) is 0 Å². The van der Waals surface area contributed by atoms with Crippen molar-refractivity contribution in [2.24, 2.45) is 0 Å². The molecule has 19 heavy (non-hydrogen) atoms. The van der Waals surface area contributed by atoms with Crippen LogP contribution in [0.5, 0.6) is 0 Å². The fraction of sp³-hybridized carbons (Fsp3) is 0.545. The number of hydrogen-bond acceptors (Lipinski definition) is 5. The Hall–Kier alpha value is -1.93. The summed E-state index contributed by atoms with van der Waals surface area (Å²) in [5.74, 6) is -0.468. The van der Waals surface area contributed by atoms with E-state index in [0.717, 1.165) is 16.8 Å². The van der Waals surface area contributed by atoms with Crippen molar-refractivity contribution in [1.82, 2.24) is 15.1 Å². The first kappa shape index (κ1) is 13.5. The first-order chi connectivity index (χ1) is 8.98. The van der Waals surface area contributed by atoms with Gasteiger partial charge in [-0.1, -0.05) is 0 Å². The van der Waals surface area contributed by atoms with E-state index in [-0.39, 0.29) is 19.7 Å². The zero-order valence-electron chi connectivity index (χ0n) is 10.2. The molecule has 1 amide bonds. The lowest BCUT2D eigenvalue weighted by molar-refractivity contribution is -0.123. The smallest absolute Gasteiger partial charge is 0.265 e. The van der Waals surface area contributed by atoms with Gasteiger partial charge in [-0.3, -0.25) is 19.5 Å². The number of rotatable bonds is 4. The molecule has 0 aliphatic carbocycles. The lowest BCUT2D eigenvalue weighted by Crippen LogP contribution is -2.45. The van der Waals surface area contributed by atoms with Crippen LogP contribution in [0.1, 0.15) is 6.42 Å². The Morgan fingerprint density at radius 1 is 1.53 bits per heavy atom. The van der Waals surface area contributed by atoms with E-state index in [4.69, 9.17) is 4.74 Å². The van der Waals surface area contributed by atoms with Crippen LogP contribution in [0.15, 0.2) is 21.7 Å². The Bertz CT molecular complexity index is 570. The van der Waals surface area contributed by atoms with Gasteiger partial charge < -0.3 is 15.2 Å². The summed E-state index contributed by atoms with van der Waals surface area (Å²) in [4.78, 5) is 34.0. The highest BCUT2D eigenvalue weighted by molar-refractivity contribution is 5.75. The molecule has 2 rings (SSSR count). The fourth-order valence-corrected chi connectivity index (χ4v) is 1.78. The van der Waals surface area contributed by atoms with E-state index < -0.39 is 22.6 Å². The van der Waals surface area contributed by atoms with Crippen LogP contribution in [0, 0.1) is 0 Å². The zero-order chi connectivity index (χ0) is 13.9. The highest BCUT2D eigenvalue weighted by atomic mass is 16.5. The number of aromatic amines is 1. The molecule has 8 heteroatoms. The van der Waals surface area contributed by atoms with Gasteiger partial charge in [-0.15, -0.1) is 0 Å². The summed E-state index contributed by atoms with van der Waals surface area (Å²) >= 11 is 0. The molecule has 0 radical (unpaired) electrons. The van der Waals surface area contributed by atoms with Crippen LogP contribution in [0.2, 0.25) is 0 Å². The molecule has 1 aromatic heterocycles. The number of aliphatic hydroxyl groups is 1. The second kappa shape index (κ2) is 5.37. The molecule has 1 atom stereocenters. The maximum atomic E-state index is 11.6. The minimum Gasteiger partial charge on any atom is -0.386 e. The van der Waals surface area contributed by atoms with Gasteiger partial charge in [0.1, 0.15) is 12.1 Å². The normalized spacial score (nSPS) is 22.4. The van der Waals surface area contributed by atoms with Gasteiger partial charge in [0, 0.05) is 31.7 Å². The highest BCUT2D eigenvalue weighted by Crippen LogP contribution is 2.16. The van der Waals surface area contributed by atoms with E-state index in [2.05, 4.69) is 10.4 Å². The number of carbonyl (C=O) groups excluding carboxylic acids is 1. The molecule has 2 heterocycles. The van der Waals surface area contributed by atoms with Crippen molar-refractivity contribution in [2.45, 2.75) is 18.6 Å². The quantitative estimate of drug-likeness (QED) is 0.574. The number of amides is 1. The van der Waals surface area contributed by atoms with E-state index in [0.29, 0.717) is 13.0 Å². The van der Waals surface area contributed by atoms with Crippen molar-refractivity contribution in [1.29, 1.82) is 0 Å². The number of hydrogen-bond donors (Lipinski definition) is 3. The number of nitrogens with one attached hydrogen (secondary N) is 2. The summed E-state index contributed by atoms with van der Waals surface area (Å²) in [7, 11) is 0. The van der Waals surface area contributed by atoms with Gasteiger partial charge in [0.15, 0.2) is 0 Å². The molecule has 3 N–H and O–H groups in total. The van der Waals surface area contributed by atoms with Crippen molar-refractivity contribution in [3.05, 3.63) is 32.8 Å². The standard InChI is InChI=1S/C11H15N3O5/c15-8-1-2-10(17)14(13-8)5-9(16)12-6-11(18)3-4-19-7-11/h1-2,18H,3-7H2,(H,12,16)(H,13,15). The Morgan fingerprint density at radius 3 is 3.00 bits per heavy atom. The molecule has 1 aliphatic heterocycles.